The Morgan fingerprint density at radius 3 is 2.94 bits per heavy atom. The first-order valence-electron chi connectivity index (χ1n) is 6.17. The highest BCUT2D eigenvalue weighted by Crippen LogP contribution is 2.24. The van der Waals surface area contributed by atoms with Crippen molar-refractivity contribution < 1.29 is 4.39 Å². The zero-order valence-electron chi connectivity index (χ0n) is 10.4. The van der Waals surface area contributed by atoms with Gasteiger partial charge < -0.3 is 5.32 Å². The number of alkyl halides is 2. The van der Waals surface area contributed by atoms with Gasteiger partial charge in [-0.2, -0.15) is 5.10 Å². The van der Waals surface area contributed by atoms with Crippen molar-refractivity contribution in [1.29, 1.82) is 0 Å². The van der Waals surface area contributed by atoms with Crippen LogP contribution in [0.1, 0.15) is 24.7 Å². The maximum absolute atomic E-state index is 12.2. The first-order valence-corrected chi connectivity index (χ1v) is 7.69. The lowest BCUT2D eigenvalue weighted by molar-refractivity contribution is 0.481. The van der Waals surface area contributed by atoms with Crippen molar-refractivity contribution in [3.63, 3.8) is 0 Å². The number of hydrogen-bond acceptors (Lipinski definition) is 2. The minimum atomic E-state index is -0.285. The van der Waals surface area contributed by atoms with Crippen LogP contribution in [-0.4, -0.2) is 22.8 Å². The molecule has 0 aromatic carbocycles. The van der Waals surface area contributed by atoms with Crippen LogP contribution >= 0.6 is 22.6 Å². The molecule has 0 saturated heterocycles. The third kappa shape index (κ3) is 2.60. The third-order valence-electron chi connectivity index (χ3n) is 2.89. The molecular formula is C13H17FIN3. The minimum Gasteiger partial charge on any atom is -0.382 e. The summed E-state index contributed by atoms with van der Waals surface area (Å²) >= 11 is 2.34. The van der Waals surface area contributed by atoms with Crippen molar-refractivity contribution in [3.05, 3.63) is 29.6 Å². The highest BCUT2D eigenvalue weighted by Gasteiger charge is 2.12. The molecule has 1 N–H and O–H groups in total. The van der Waals surface area contributed by atoms with Gasteiger partial charge in [0.1, 0.15) is 0 Å². The molecule has 2 rings (SSSR count). The molecule has 0 atom stereocenters. The summed E-state index contributed by atoms with van der Waals surface area (Å²) in [5.41, 5.74) is 4.37. The van der Waals surface area contributed by atoms with Gasteiger partial charge in [-0.25, -0.2) is 4.52 Å². The van der Waals surface area contributed by atoms with E-state index < -0.39 is 0 Å². The smallest absolute Gasteiger partial charge is 0.0911 e. The molecule has 0 bridgehead atoms. The average Bonchev–Trinajstić information content (AvgIpc) is 2.77. The van der Waals surface area contributed by atoms with E-state index in [-0.39, 0.29) is 6.67 Å². The molecule has 2 aromatic rings. The molecule has 0 aliphatic heterocycles. The average molecular weight is 361 g/mol. The number of aromatic nitrogens is 2. The summed E-state index contributed by atoms with van der Waals surface area (Å²) in [6.07, 6.45) is 1.41. The lowest BCUT2D eigenvalue weighted by Gasteiger charge is -2.05. The molecule has 0 fully saturated rings. The van der Waals surface area contributed by atoms with E-state index in [0.717, 1.165) is 27.7 Å². The summed E-state index contributed by atoms with van der Waals surface area (Å²) in [5, 5.41) is 7.95. The molecule has 0 spiro atoms. The second kappa shape index (κ2) is 6.36. The van der Waals surface area contributed by atoms with Gasteiger partial charge in [-0.05, 0) is 25.0 Å². The van der Waals surface area contributed by atoms with Crippen molar-refractivity contribution in [2.24, 2.45) is 0 Å². The van der Waals surface area contributed by atoms with Crippen LogP contribution in [0.15, 0.2) is 18.2 Å². The van der Waals surface area contributed by atoms with Gasteiger partial charge >= 0.3 is 0 Å². The predicted octanol–water partition coefficient (Wildman–Crippen LogP) is 3.60. The van der Waals surface area contributed by atoms with Crippen LogP contribution < -0.4 is 5.32 Å². The van der Waals surface area contributed by atoms with Crippen LogP contribution in [0.25, 0.3) is 5.52 Å². The Hall–Kier alpha value is -0.850. The van der Waals surface area contributed by atoms with Crippen LogP contribution in [0.3, 0.4) is 0 Å². The molecule has 0 aliphatic carbocycles. The van der Waals surface area contributed by atoms with Crippen LogP contribution in [0.4, 0.5) is 10.1 Å². The molecule has 2 heterocycles. The first-order chi connectivity index (χ1) is 8.81. The highest BCUT2D eigenvalue weighted by molar-refractivity contribution is 14.1. The highest BCUT2D eigenvalue weighted by atomic mass is 127. The van der Waals surface area contributed by atoms with Gasteiger partial charge in [0, 0.05) is 11.0 Å². The van der Waals surface area contributed by atoms with E-state index in [4.69, 9.17) is 0 Å². The Morgan fingerprint density at radius 2 is 2.28 bits per heavy atom. The third-order valence-corrected chi connectivity index (χ3v) is 3.67. The molecule has 3 nitrogen and oxygen atoms in total. The topological polar surface area (TPSA) is 29.3 Å². The largest absolute Gasteiger partial charge is 0.382 e. The van der Waals surface area contributed by atoms with Crippen LogP contribution in [0.2, 0.25) is 0 Å². The van der Waals surface area contributed by atoms with Gasteiger partial charge in [0.15, 0.2) is 0 Å². The van der Waals surface area contributed by atoms with Gasteiger partial charge in [-0.3, -0.25) is 4.39 Å². The molecule has 5 heteroatoms. The summed E-state index contributed by atoms with van der Waals surface area (Å²) in [4.78, 5) is 0. The summed E-state index contributed by atoms with van der Waals surface area (Å²) in [5.74, 6) is 0. The van der Waals surface area contributed by atoms with Crippen LogP contribution in [0, 0.1) is 0 Å². The van der Waals surface area contributed by atoms with E-state index >= 15 is 0 Å². The SMILES string of the molecule is CCc1nn2c(CI)cccc2c1NCCCF. The number of anilines is 1. The van der Waals surface area contributed by atoms with E-state index in [1.54, 1.807) is 0 Å². The van der Waals surface area contributed by atoms with Crippen molar-refractivity contribution >= 4 is 33.8 Å². The Kier molecular flexibility index (Phi) is 4.79. The number of nitrogens with zero attached hydrogens (tertiary/aromatic N) is 2. The molecule has 0 unspecified atom stereocenters. The maximum Gasteiger partial charge on any atom is 0.0911 e. The second-order valence-corrected chi connectivity index (χ2v) is 4.86. The van der Waals surface area contributed by atoms with E-state index in [1.807, 2.05) is 10.6 Å². The number of pyridine rings is 1. The minimum absolute atomic E-state index is 0.285. The van der Waals surface area contributed by atoms with Crippen molar-refractivity contribution in [2.75, 3.05) is 18.5 Å². The molecule has 0 saturated carbocycles. The first kappa shape index (κ1) is 13.6. The lowest BCUT2D eigenvalue weighted by Crippen LogP contribution is -2.03. The zero-order valence-corrected chi connectivity index (χ0v) is 12.6. The number of rotatable bonds is 6. The van der Waals surface area contributed by atoms with Crippen LogP contribution in [-0.2, 0) is 10.8 Å². The molecule has 2 aromatic heterocycles. The predicted molar refractivity (Wildman–Crippen MR) is 81.4 cm³/mol. The molecule has 98 valence electrons. The fourth-order valence-corrected chi connectivity index (χ4v) is 2.57. The second-order valence-electron chi connectivity index (χ2n) is 4.09. The molecule has 0 amide bonds. The number of hydrogen-bond donors (Lipinski definition) is 1. The Bertz CT molecular complexity index is 524. The summed E-state index contributed by atoms with van der Waals surface area (Å²) in [6, 6.07) is 6.18. The maximum atomic E-state index is 12.2. The number of nitrogens with one attached hydrogen (secondary N) is 1. The molecule has 0 radical (unpaired) electrons. The molecule has 0 aliphatic rings. The standard InChI is InChI=1S/C13H17FIN3/c1-2-11-13(16-8-4-7-14)12-6-3-5-10(9-15)18(12)17-11/h3,5-6,16H,2,4,7-9H2,1H3. The normalized spacial score (nSPS) is 11.1. The summed E-state index contributed by atoms with van der Waals surface area (Å²) in [7, 11) is 0. The molecular weight excluding hydrogens is 344 g/mol. The van der Waals surface area contributed by atoms with Gasteiger partial charge in [0.25, 0.3) is 0 Å². The number of aryl methyl sites for hydroxylation is 1. The Labute approximate surface area is 120 Å². The van der Waals surface area contributed by atoms with Gasteiger partial charge in [-0.1, -0.05) is 35.6 Å². The zero-order chi connectivity index (χ0) is 13.0. The monoisotopic (exact) mass is 361 g/mol. The lowest BCUT2D eigenvalue weighted by atomic mass is 10.2. The van der Waals surface area contributed by atoms with Gasteiger partial charge in [0.2, 0.25) is 0 Å². The fraction of sp³-hybridized carbons (Fsp3) is 0.462. The summed E-state index contributed by atoms with van der Waals surface area (Å²) < 4.78 is 15.1. The fourth-order valence-electron chi connectivity index (χ4n) is 1.99. The number of fused-ring (bicyclic) bond motifs is 1. The Balaban J connectivity index is 2.42. The van der Waals surface area contributed by atoms with Crippen molar-refractivity contribution in [1.82, 2.24) is 9.61 Å². The Morgan fingerprint density at radius 1 is 1.44 bits per heavy atom. The van der Waals surface area contributed by atoms with E-state index in [0.29, 0.717) is 13.0 Å². The van der Waals surface area contributed by atoms with Crippen molar-refractivity contribution in [3.8, 4) is 0 Å². The van der Waals surface area contributed by atoms with E-state index in [1.165, 1.54) is 5.69 Å². The van der Waals surface area contributed by atoms with Gasteiger partial charge in [0.05, 0.1) is 29.3 Å². The van der Waals surface area contributed by atoms with E-state index in [9.17, 15) is 4.39 Å². The molecule has 18 heavy (non-hydrogen) atoms. The number of halogens is 2. The summed E-state index contributed by atoms with van der Waals surface area (Å²) in [6.45, 7) is 2.46. The van der Waals surface area contributed by atoms with E-state index in [2.05, 4.69) is 52.1 Å². The van der Waals surface area contributed by atoms with Crippen LogP contribution in [0.5, 0.6) is 0 Å². The van der Waals surface area contributed by atoms with Crippen molar-refractivity contribution in [2.45, 2.75) is 24.2 Å². The van der Waals surface area contributed by atoms with Gasteiger partial charge in [-0.15, -0.1) is 0 Å². The quantitative estimate of drug-likeness (QED) is 0.484.